The van der Waals surface area contributed by atoms with E-state index in [-0.39, 0.29) is 5.91 Å². The maximum Gasteiger partial charge on any atom is 0.260 e. The summed E-state index contributed by atoms with van der Waals surface area (Å²) in [5, 5.41) is 9.99. The Bertz CT molecular complexity index is 828. The van der Waals surface area contributed by atoms with Gasteiger partial charge in [-0.2, -0.15) is 4.37 Å². The molecule has 122 valence electrons. The van der Waals surface area contributed by atoms with Crippen LogP contribution < -0.4 is 16.0 Å². The summed E-state index contributed by atoms with van der Waals surface area (Å²) < 4.78 is 4.22. The van der Waals surface area contributed by atoms with Gasteiger partial charge in [0.2, 0.25) is 0 Å². The standard InChI is InChI=1S/C18H18N4OS/c1-12-16(18(19-2)24-22-12)17(23)21-15-10-8-14(9-11-15)20-13-6-4-3-5-7-13/h3-11,19-20H,1-2H3,(H,21,23). The summed E-state index contributed by atoms with van der Waals surface area (Å²) in [6.45, 7) is 1.83. The van der Waals surface area contributed by atoms with Crippen molar-refractivity contribution in [2.75, 3.05) is 23.0 Å². The van der Waals surface area contributed by atoms with Crippen LogP contribution >= 0.6 is 11.5 Å². The number of amides is 1. The summed E-state index contributed by atoms with van der Waals surface area (Å²) in [5.74, 6) is -0.158. The lowest BCUT2D eigenvalue weighted by Gasteiger charge is -2.09. The highest BCUT2D eigenvalue weighted by Gasteiger charge is 2.17. The second-order valence-electron chi connectivity index (χ2n) is 5.24. The lowest BCUT2D eigenvalue weighted by molar-refractivity contribution is 0.102. The first-order chi connectivity index (χ1) is 11.7. The number of nitrogens with one attached hydrogen (secondary N) is 3. The topological polar surface area (TPSA) is 66.0 Å². The van der Waals surface area contributed by atoms with Crippen molar-refractivity contribution in [3.05, 3.63) is 65.9 Å². The Hall–Kier alpha value is -2.86. The van der Waals surface area contributed by atoms with Crippen molar-refractivity contribution in [3.63, 3.8) is 0 Å². The lowest BCUT2D eigenvalue weighted by Crippen LogP contribution is -2.14. The number of aromatic nitrogens is 1. The first-order valence-corrected chi connectivity index (χ1v) is 8.32. The molecule has 3 aromatic rings. The quantitative estimate of drug-likeness (QED) is 0.641. The third kappa shape index (κ3) is 3.55. The van der Waals surface area contributed by atoms with Gasteiger partial charge in [0.15, 0.2) is 0 Å². The van der Waals surface area contributed by atoms with E-state index < -0.39 is 0 Å². The predicted octanol–water partition coefficient (Wildman–Crippen LogP) is 4.49. The van der Waals surface area contributed by atoms with Crippen molar-refractivity contribution < 1.29 is 4.79 Å². The van der Waals surface area contributed by atoms with Crippen molar-refractivity contribution in [3.8, 4) is 0 Å². The van der Waals surface area contributed by atoms with Crippen LogP contribution in [0.15, 0.2) is 54.6 Å². The average Bonchev–Trinajstić information content (AvgIpc) is 2.98. The van der Waals surface area contributed by atoms with Crippen LogP contribution in [0.5, 0.6) is 0 Å². The van der Waals surface area contributed by atoms with E-state index in [1.807, 2.05) is 61.5 Å². The zero-order chi connectivity index (χ0) is 16.9. The third-order valence-corrected chi connectivity index (χ3v) is 4.48. The van der Waals surface area contributed by atoms with E-state index >= 15 is 0 Å². The SMILES string of the molecule is CNc1snc(C)c1C(=O)Nc1ccc(Nc2ccccc2)cc1. The molecule has 0 fully saturated rings. The molecule has 3 rings (SSSR count). The molecule has 6 heteroatoms. The molecule has 1 amide bonds. The van der Waals surface area contributed by atoms with E-state index in [2.05, 4.69) is 20.3 Å². The molecule has 1 aromatic heterocycles. The largest absolute Gasteiger partial charge is 0.378 e. The molecular weight excluding hydrogens is 320 g/mol. The summed E-state index contributed by atoms with van der Waals surface area (Å²) in [7, 11) is 1.79. The molecule has 1 heterocycles. The Kier molecular flexibility index (Phi) is 4.77. The minimum Gasteiger partial charge on any atom is -0.378 e. The van der Waals surface area contributed by atoms with E-state index in [1.54, 1.807) is 7.05 Å². The Morgan fingerprint density at radius 2 is 1.58 bits per heavy atom. The molecule has 0 saturated carbocycles. The summed E-state index contributed by atoms with van der Waals surface area (Å²) in [6, 6.07) is 17.5. The average molecular weight is 338 g/mol. The number of aryl methyl sites for hydroxylation is 1. The molecule has 5 nitrogen and oxygen atoms in total. The Labute approximate surface area is 144 Å². The van der Waals surface area contributed by atoms with Crippen LogP contribution in [0.25, 0.3) is 0 Å². The highest BCUT2D eigenvalue weighted by molar-refractivity contribution is 7.10. The maximum absolute atomic E-state index is 12.5. The first kappa shape index (κ1) is 16.0. The monoisotopic (exact) mass is 338 g/mol. The molecule has 0 aliphatic carbocycles. The minimum atomic E-state index is -0.158. The normalized spacial score (nSPS) is 10.2. The van der Waals surface area contributed by atoms with Gasteiger partial charge >= 0.3 is 0 Å². The van der Waals surface area contributed by atoms with E-state index in [9.17, 15) is 4.79 Å². The number of anilines is 4. The minimum absolute atomic E-state index is 0.158. The van der Waals surface area contributed by atoms with Crippen molar-refractivity contribution in [2.45, 2.75) is 6.92 Å². The molecule has 0 bridgehead atoms. The number of para-hydroxylation sites is 1. The maximum atomic E-state index is 12.5. The fourth-order valence-corrected chi connectivity index (χ4v) is 3.07. The van der Waals surface area contributed by atoms with Gasteiger partial charge in [-0.3, -0.25) is 4.79 Å². The van der Waals surface area contributed by atoms with Crippen LogP contribution in [-0.2, 0) is 0 Å². The zero-order valence-corrected chi connectivity index (χ0v) is 14.3. The molecular formula is C18H18N4OS. The molecule has 0 atom stereocenters. The van der Waals surface area contributed by atoms with Crippen molar-refractivity contribution >= 4 is 39.5 Å². The molecule has 0 saturated heterocycles. The molecule has 0 radical (unpaired) electrons. The second kappa shape index (κ2) is 7.14. The van der Waals surface area contributed by atoms with Gasteiger partial charge in [-0.15, -0.1) is 0 Å². The third-order valence-electron chi connectivity index (χ3n) is 3.52. The van der Waals surface area contributed by atoms with Gasteiger partial charge in [-0.1, -0.05) is 18.2 Å². The van der Waals surface area contributed by atoms with E-state index in [0.29, 0.717) is 5.56 Å². The second-order valence-corrected chi connectivity index (χ2v) is 6.02. The molecule has 0 unspecified atom stereocenters. The number of rotatable bonds is 5. The Morgan fingerprint density at radius 1 is 0.958 bits per heavy atom. The Morgan fingerprint density at radius 3 is 2.25 bits per heavy atom. The fourth-order valence-electron chi connectivity index (χ4n) is 2.33. The first-order valence-electron chi connectivity index (χ1n) is 7.55. The van der Waals surface area contributed by atoms with E-state index in [4.69, 9.17) is 0 Å². The predicted molar refractivity (Wildman–Crippen MR) is 101 cm³/mol. The molecule has 2 aromatic carbocycles. The fraction of sp³-hybridized carbons (Fsp3) is 0.111. The number of benzene rings is 2. The smallest absolute Gasteiger partial charge is 0.260 e. The summed E-state index contributed by atoms with van der Waals surface area (Å²) in [6.07, 6.45) is 0. The number of carbonyl (C=O) groups is 1. The van der Waals surface area contributed by atoms with Gasteiger partial charge in [0, 0.05) is 24.1 Å². The summed E-state index contributed by atoms with van der Waals surface area (Å²) >= 11 is 1.29. The lowest BCUT2D eigenvalue weighted by atomic mass is 10.2. The van der Waals surface area contributed by atoms with Crippen LogP contribution in [0.4, 0.5) is 22.1 Å². The number of nitrogens with zero attached hydrogens (tertiary/aromatic N) is 1. The summed E-state index contributed by atoms with van der Waals surface area (Å²) in [4.78, 5) is 12.5. The van der Waals surface area contributed by atoms with Crippen LogP contribution in [-0.4, -0.2) is 17.3 Å². The van der Waals surface area contributed by atoms with Gasteiger partial charge in [0.05, 0.1) is 11.3 Å². The molecule has 24 heavy (non-hydrogen) atoms. The Balaban J connectivity index is 1.70. The number of carbonyl (C=O) groups excluding carboxylic acids is 1. The van der Waals surface area contributed by atoms with Gasteiger partial charge in [-0.25, -0.2) is 0 Å². The van der Waals surface area contributed by atoms with Crippen molar-refractivity contribution in [1.29, 1.82) is 0 Å². The molecule has 0 spiro atoms. The van der Waals surface area contributed by atoms with Crippen LogP contribution in [0.3, 0.4) is 0 Å². The van der Waals surface area contributed by atoms with Crippen LogP contribution in [0.1, 0.15) is 16.1 Å². The van der Waals surface area contributed by atoms with Gasteiger partial charge in [-0.05, 0) is 54.9 Å². The van der Waals surface area contributed by atoms with Gasteiger partial charge < -0.3 is 16.0 Å². The van der Waals surface area contributed by atoms with Crippen molar-refractivity contribution in [2.24, 2.45) is 0 Å². The van der Waals surface area contributed by atoms with Crippen molar-refractivity contribution in [1.82, 2.24) is 4.37 Å². The van der Waals surface area contributed by atoms with E-state index in [1.165, 1.54) is 11.5 Å². The highest BCUT2D eigenvalue weighted by Crippen LogP contribution is 2.25. The molecule has 0 aliphatic rings. The van der Waals surface area contributed by atoms with Crippen LogP contribution in [0, 0.1) is 6.92 Å². The number of hydrogen-bond donors (Lipinski definition) is 3. The molecule has 0 aliphatic heterocycles. The zero-order valence-electron chi connectivity index (χ0n) is 13.5. The highest BCUT2D eigenvalue weighted by atomic mass is 32.1. The van der Waals surface area contributed by atoms with Crippen LogP contribution in [0.2, 0.25) is 0 Å². The van der Waals surface area contributed by atoms with Gasteiger partial charge in [0.1, 0.15) is 5.00 Å². The number of hydrogen-bond acceptors (Lipinski definition) is 5. The summed E-state index contributed by atoms with van der Waals surface area (Å²) in [5.41, 5.74) is 4.04. The molecule has 3 N–H and O–H groups in total. The van der Waals surface area contributed by atoms with E-state index in [0.717, 1.165) is 27.8 Å². The van der Waals surface area contributed by atoms with Gasteiger partial charge in [0.25, 0.3) is 5.91 Å².